The van der Waals surface area contributed by atoms with E-state index in [4.69, 9.17) is 4.74 Å². The number of hydrogen-bond acceptors (Lipinski definition) is 6. The fourth-order valence-electron chi connectivity index (χ4n) is 3.05. The molecule has 1 amide bonds. The third-order valence-electron chi connectivity index (χ3n) is 4.82. The van der Waals surface area contributed by atoms with Gasteiger partial charge in [-0.25, -0.2) is 13.8 Å². The van der Waals surface area contributed by atoms with Crippen molar-refractivity contribution in [2.75, 3.05) is 13.7 Å². The molecule has 0 saturated carbocycles. The smallest absolute Gasteiger partial charge is 0.255 e. The molecular weight excluding hydrogens is 442 g/mol. The van der Waals surface area contributed by atoms with Crippen molar-refractivity contribution in [1.29, 1.82) is 0 Å². The molecule has 0 bridgehead atoms. The Labute approximate surface area is 193 Å². The van der Waals surface area contributed by atoms with Gasteiger partial charge in [0.05, 0.1) is 24.8 Å². The molecule has 2 N–H and O–H groups in total. The fraction of sp³-hybridized carbons (Fsp3) is 0.167. The summed E-state index contributed by atoms with van der Waals surface area (Å²) in [5.74, 6) is -0.477. The number of benzene rings is 3. The van der Waals surface area contributed by atoms with Crippen LogP contribution in [-0.4, -0.2) is 43.6 Å². The van der Waals surface area contributed by atoms with E-state index in [0.29, 0.717) is 5.56 Å². The van der Waals surface area contributed by atoms with Crippen molar-refractivity contribution in [1.82, 2.24) is 9.73 Å². The second kappa shape index (κ2) is 10.8. The van der Waals surface area contributed by atoms with Crippen LogP contribution in [0.3, 0.4) is 0 Å². The predicted molar refractivity (Wildman–Crippen MR) is 126 cm³/mol. The Morgan fingerprint density at radius 1 is 1.06 bits per heavy atom. The summed E-state index contributed by atoms with van der Waals surface area (Å²) < 4.78 is 32.6. The quantitative estimate of drug-likeness (QED) is 0.371. The Balaban J connectivity index is 1.78. The molecule has 0 spiro atoms. The van der Waals surface area contributed by atoms with E-state index < -0.39 is 22.5 Å². The Bertz CT molecular complexity index is 1230. The molecule has 0 aliphatic rings. The summed E-state index contributed by atoms with van der Waals surface area (Å²) in [7, 11) is -2.52. The number of nitrogens with zero attached hydrogens (tertiary/aromatic N) is 2. The number of phenols is 1. The summed E-state index contributed by atoms with van der Waals surface area (Å²) in [5, 5.41) is 13.9. The van der Waals surface area contributed by atoms with Crippen molar-refractivity contribution in [3.05, 3.63) is 89.5 Å². The van der Waals surface area contributed by atoms with E-state index in [1.165, 1.54) is 25.5 Å². The first-order valence-electron chi connectivity index (χ1n) is 10.1. The zero-order valence-electron chi connectivity index (χ0n) is 18.3. The lowest BCUT2D eigenvalue weighted by Gasteiger charge is -2.21. The van der Waals surface area contributed by atoms with Crippen LogP contribution in [-0.2, 0) is 21.4 Å². The average molecular weight is 468 g/mol. The molecule has 3 rings (SSSR count). The lowest BCUT2D eigenvalue weighted by Crippen LogP contribution is -2.39. The summed E-state index contributed by atoms with van der Waals surface area (Å²) in [5.41, 5.74) is 4.32. The predicted octanol–water partition coefficient (Wildman–Crippen LogP) is 3.05. The minimum atomic E-state index is -3.94. The lowest BCUT2D eigenvalue weighted by atomic mass is 10.2. The Hall–Kier alpha value is -3.69. The highest BCUT2D eigenvalue weighted by Gasteiger charge is 2.26. The number of para-hydroxylation sites is 1. The van der Waals surface area contributed by atoms with Crippen LogP contribution in [0.25, 0.3) is 0 Å². The topological polar surface area (TPSA) is 108 Å². The van der Waals surface area contributed by atoms with E-state index in [-0.39, 0.29) is 22.9 Å². The van der Waals surface area contributed by atoms with E-state index in [9.17, 15) is 18.3 Å². The zero-order chi connectivity index (χ0) is 23.8. The number of aromatic hydroxyl groups is 1. The van der Waals surface area contributed by atoms with Gasteiger partial charge in [-0.3, -0.25) is 4.79 Å². The third-order valence-corrected chi connectivity index (χ3v) is 6.63. The van der Waals surface area contributed by atoms with Crippen LogP contribution >= 0.6 is 0 Å². The van der Waals surface area contributed by atoms with Crippen molar-refractivity contribution >= 4 is 22.1 Å². The molecule has 0 atom stereocenters. The Kier molecular flexibility index (Phi) is 7.81. The second-order valence-electron chi connectivity index (χ2n) is 7.26. The standard InChI is InChI=1S/C24H25N3O5S/c1-18-11-13-21(14-12-18)33(30,31)27(16-19-7-4-3-5-8-19)17-23(28)26-25-15-20-9-6-10-22(32-2)24(20)29/h3-15,29H,16-17H2,1-2H3,(H,26,28)/b25-15-. The number of rotatable bonds is 9. The van der Waals surface area contributed by atoms with Crippen LogP contribution in [0.5, 0.6) is 11.5 Å². The molecule has 0 aliphatic heterocycles. The van der Waals surface area contributed by atoms with Gasteiger partial charge in [-0.1, -0.05) is 54.1 Å². The highest BCUT2D eigenvalue weighted by atomic mass is 32.2. The molecule has 3 aromatic rings. The molecule has 0 unspecified atom stereocenters. The largest absolute Gasteiger partial charge is 0.504 e. The molecule has 8 nitrogen and oxygen atoms in total. The van der Waals surface area contributed by atoms with Gasteiger partial charge < -0.3 is 9.84 Å². The molecule has 0 aromatic heterocycles. The fourth-order valence-corrected chi connectivity index (χ4v) is 4.43. The Morgan fingerprint density at radius 3 is 2.42 bits per heavy atom. The first kappa shape index (κ1) is 24.0. The molecule has 33 heavy (non-hydrogen) atoms. The second-order valence-corrected chi connectivity index (χ2v) is 9.20. The van der Waals surface area contributed by atoms with E-state index in [1.54, 1.807) is 54.6 Å². The summed E-state index contributed by atoms with van der Waals surface area (Å²) in [4.78, 5) is 12.7. The molecule has 0 heterocycles. The lowest BCUT2D eigenvalue weighted by molar-refractivity contribution is -0.121. The number of hydrazone groups is 1. The maximum Gasteiger partial charge on any atom is 0.255 e. The highest BCUT2D eigenvalue weighted by Crippen LogP contribution is 2.28. The maximum atomic E-state index is 13.3. The summed E-state index contributed by atoms with van der Waals surface area (Å²) in [6.07, 6.45) is 1.26. The summed E-state index contributed by atoms with van der Waals surface area (Å²) >= 11 is 0. The first-order chi connectivity index (χ1) is 15.8. The number of carbonyl (C=O) groups is 1. The van der Waals surface area contributed by atoms with Crippen molar-refractivity contribution in [3.8, 4) is 11.5 Å². The van der Waals surface area contributed by atoms with Crippen LogP contribution in [0, 0.1) is 6.92 Å². The van der Waals surface area contributed by atoms with E-state index >= 15 is 0 Å². The molecule has 3 aromatic carbocycles. The van der Waals surface area contributed by atoms with Gasteiger partial charge in [-0.05, 0) is 36.8 Å². The molecule has 0 aliphatic carbocycles. The number of hydrogen-bond donors (Lipinski definition) is 2. The minimum Gasteiger partial charge on any atom is -0.504 e. The van der Waals surface area contributed by atoms with E-state index in [1.807, 2.05) is 13.0 Å². The van der Waals surface area contributed by atoms with Crippen LogP contribution < -0.4 is 10.2 Å². The normalized spacial score (nSPS) is 11.6. The number of ether oxygens (including phenoxy) is 1. The average Bonchev–Trinajstić information content (AvgIpc) is 2.81. The SMILES string of the molecule is COc1cccc(/C=N\NC(=O)CN(Cc2ccccc2)S(=O)(=O)c2ccc(C)cc2)c1O. The van der Waals surface area contributed by atoms with Gasteiger partial charge in [0.1, 0.15) is 0 Å². The van der Waals surface area contributed by atoms with Gasteiger partial charge in [-0.2, -0.15) is 9.41 Å². The molecule has 0 radical (unpaired) electrons. The number of methoxy groups -OCH3 is 1. The van der Waals surface area contributed by atoms with Crippen LogP contribution in [0.15, 0.2) is 82.8 Å². The number of carbonyl (C=O) groups excluding carboxylic acids is 1. The molecule has 9 heteroatoms. The number of nitrogens with one attached hydrogen (secondary N) is 1. The van der Waals surface area contributed by atoms with Crippen molar-refractivity contribution < 1.29 is 23.1 Å². The van der Waals surface area contributed by atoms with E-state index in [2.05, 4.69) is 10.5 Å². The Morgan fingerprint density at radius 2 is 1.76 bits per heavy atom. The van der Waals surface area contributed by atoms with Crippen molar-refractivity contribution in [2.45, 2.75) is 18.4 Å². The zero-order valence-corrected chi connectivity index (χ0v) is 19.1. The molecule has 0 saturated heterocycles. The monoisotopic (exact) mass is 467 g/mol. The maximum absolute atomic E-state index is 13.3. The molecular formula is C24H25N3O5S. The number of amides is 1. The number of aryl methyl sites for hydroxylation is 1. The van der Waals surface area contributed by atoms with Crippen LogP contribution in [0.1, 0.15) is 16.7 Å². The highest BCUT2D eigenvalue weighted by molar-refractivity contribution is 7.89. The van der Waals surface area contributed by atoms with Crippen LogP contribution in [0.2, 0.25) is 0 Å². The van der Waals surface area contributed by atoms with Gasteiger partial charge >= 0.3 is 0 Å². The van der Waals surface area contributed by atoms with Gasteiger partial charge in [0.2, 0.25) is 10.0 Å². The summed E-state index contributed by atoms with van der Waals surface area (Å²) in [6.45, 7) is 1.45. The first-order valence-corrected chi connectivity index (χ1v) is 11.5. The molecule has 0 fully saturated rings. The van der Waals surface area contributed by atoms with Crippen molar-refractivity contribution in [2.24, 2.45) is 5.10 Å². The van der Waals surface area contributed by atoms with Crippen LogP contribution in [0.4, 0.5) is 0 Å². The van der Waals surface area contributed by atoms with E-state index in [0.717, 1.165) is 15.4 Å². The third kappa shape index (κ3) is 6.18. The van der Waals surface area contributed by atoms with Gasteiger partial charge in [0.15, 0.2) is 11.5 Å². The number of sulfonamides is 1. The van der Waals surface area contributed by atoms with Gasteiger partial charge in [0.25, 0.3) is 5.91 Å². The molecule has 172 valence electrons. The minimum absolute atomic E-state index is 0.0187. The van der Waals surface area contributed by atoms with Gasteiger partial charge in [0, 0.05) is 12.1 Å². The van der Waals surface area contributed by atoms with Crippen molar-refractivity contribution in [3.63, 3.8) is 0 Å². The van der Waals surface area contributed by atoms with Gasteiger partial charge in [-0.15, -0.1) is 0 Å². The summed E-state index contributed by atoms with van der Waals surface area (Å²) in [6, 6.07) is 20.3. The number of phenolic OH excluding ortho intramolecular Hbond substituents is 1.